The van der Waals surface area contributed by atoms with Gasteiger partial charge in [-0.1, -0.05) is 0 Å². The van der Waals surface area contributed by atoms with Crippen molar-refractivity contribution in [2.45, 2.75) is 20.8 Å². The van der Waals surface area contributed by atoms with Gasteiger partial charge >= 0.3 is 5.97 Å². The molecule has 8 heteroatoms. The van der Waals surface area contributed by atoms with Crippen LogP contribution in [-0.2, 0) is 4.74 Å². The van der Waals surface area contributed by atoms with Crippen LogP contribution in [0.25, 0.3) is 32.0 Å². The molecule has 0 N–H and O–H groups in total. The Labute approximate surface area is 157 Å². The number of carbonyl (C=O) groups excluding carboxylic acids is 1. The minimum atomic E-state index is -0.479. The first kappa shape index (κ1) is 16.9. The second-order valence-electron chi connectivity index (χ2n) is 5.69. The normalized spacial score (nSPS) is 11.2. The topological polar surface area (TPSA) is 78.1 Å². The van der Waals surface area contributed by atoms with E-state index in [-0.39, 0.29) is 12.3 Å². The zero-order valence-corrected chi connectivity index (χ0v) is 16.0. The molecule has 0 bridgehead atoms. The Morgan fingerprint density at radius 3 is 2.31 bits per heavy atom. The number of hydrogen-bond donors (Lipinski definition) is 0. The van der Waals surface area contributed by atoms with Crippen LogP contribution in [0.5, 0.6) is 0 Å². The molecule has 0 saturated carbocycles. The molecule has 4 aromatic rings. The molecule has 0 fully saturated rings. The van der Waals surface area contributed by atoms with Crippen LogP contribution in [0.15, 0.2) is 28.9 Å². The zero-order chi connectivity index (χ0) is 18.3. The van der Waals surface area contributed by atoms with E-state index in [1.54, 1.807) is 29.6 Å². The molecule has 0 aromatic carbocycles. The first-order valence-corrected chi connectivity index (χ1v) is 9.68. The van der Waals surface area contributed by atoms with Crippen molar-refractivity contribution in [2.24, 2.45) is 0 Å². The number of carbonyl (C=O) groups is 1. The Balaban J connectivity index is 2.04. The SMILES string of the molecule is CCOC(=O)c1nc(-c2ccc(C)s2)c2nonc2c1-c1ccc(C)s1. The van der Waals surface area contributed by atoms with Crippen molar-refractivity contribution in [2.75, 3.05) is 6.61 Å². The molecule has 0 aliphatic rings. The molecule has 0 spiro atoms. The van der Waals surface area contributed by atoms with Crippen LogP contribution in [0, 0.1) is 13.8 Å². The Morgan fingerprint density at radius 1 is 1.04 bits per heavy atom. The number of hydrogen-bond acceptors (Lipinski definition) is 8. The largest absolute Gasteiger partial charge is 0.461 e. The summed E-state index contributed by atoms with van der Waals surface area (Å²) in [5, 5.41) is 8.13. The molecule has 0 atom stereocenters. The fourth-order valence-electron chi connectivity index (χ4n) is 2.72. The smallest absolute Gasteiger partial charge is 0.357 e. The van der Waals surface area contributed by atoms with Crippen molar-refractivity contribution in [1.29, 1.82) is 0 Å². The molecule has 4 aromatic heterocycles. The van der Waals surface area contributed by atoms with Crippen LogP contribution in [0.2, 0.25) is 0 Å². The molecular formula is C18H15N3O3S2. The summed E-state index contributed by atoms with van der Waals surface area (Å²) in [6.45, 7) is 6.06. The van der Waals surface area contributed by atoms with Gasteiger partial charge in [0.05, 0.1) is 17.0 Å². The van der Waals surface area contributed by atoms with Gasteiger partial charge in [-0.15, -0.1) is 22.7 Å². The van der Waals surface area contributed by atoms with Crippen LogP contribution >= 0.6 is 22.7 Å². The summed E-state index contributed by atoms with van der Waals surface area (Å²) in [4.78, 5) is 21.3. The van der Waals surface area contributed by atoms with Gasteiger partial charge in [0.15, 0.2) is 11.2 Å². The summed E-state index contributed by atoms with van der Waals surface area (Å²) >= 11 is 3.14. The van der Waals surface area contributed by atoms with Gasteiger partial charge in [0.2, 0.25) is 0 Å². The zero-order valence-electron chi connectivity index (χ0n) is 14.4. The lowest BCUT2D eigenvalue weighted by atomic mass is 10.1. The standard InChI is InChI=1S/C18H15N3O3S2/c1-4-23-18(22)16-13(11-7-5-9(2)25-11)15-17(21-24-20-15)14(19-16)12-8-6-10(3)26-12/h5-8H,4H2,1-3H3. The van der Waals surface area contributed by atoms with Gasteiger partial charge in [-0.25, -0.2) is 14.4 Å². The molecule has 0 amide bonds. The first-order chi connectivity index (χ1) is 12.6. The quantitative estimate of drug-likeness (QED) is 0.467. The molecule has 0 aliphatic carbocycles. The second kappa shape index (κ2) is 6.62. The molecule has 4 heterocycles. The van der Waals surface area contributed by atoms with Gasteiger partial charge in [-0.05, 0) is 55.4 Å². The average Bonchev–Trinajstić information content (AvgIpc) is 3.34. The summed E-state index contributed by atoms with van der Waals surface area (Å²) in [5.41, 5.74) is 2.49. The second-order valence-corrected chi connectivity index (χ2v) is 8.26. The van der Waals surface area contributed by atoms with Crippen molar-refractivity contribution in [3.05, 3.63) is 39.7 Å². The summed E-state index contributed by atoms with van der Waals surface area (Å²) in [6.07, 6.45) is 0. The third kappa shape index (κ3) is 2.81. The molecule has 0 radical (unpaired) electrons. The van der Waals surface area contributed by atoms with Gasteiger partial charge in [0.1, 0.15) is 11.2 Å². The number of esters is 1. The molecule has 4 rings (SSSR count). The van der Waals surface area contributed by atoms with Crippen molar-refractivity contribution < 1.29 is 14.2 Å². The molecule has 0 unspecified atom stereocenters. The molecular weight excluding hydrogens is 370 g/mol. The molecule has 6 nitrogen and oxygen atoms in total. The summed E-state index contributed by atoms with van der Waals surface area (Å²) in [7, 11) is 0. The Morgan fingerprint density at radius 2 is 1.69 bits per heavy atom. The highest BCUT2D eigenvalue weighted by atomic mass is 32.1. The predicted octanol–water partition coefficient (Wildman–Crippen LogP) is 4.87. The van der Waals surface area contributed by atoms with E-state index < -0.39 is 5.97 Å². The number of aromatic nitrogens is 3. The van der Waals surface area contributed by atoms with Crippen LogP contribution in [0.1, 0.15) is 27.2 Å². The van der Waals surface area contributed by atoms with Crippen LogP contribution < -0.4 is 0 Å². The fraction of sp³-hybridized carbons (Fsp3) is 0.222. The summed E-state index contributed by atoms with van der Waals surface area (Å²) in [5.74, 6) is -0.479. The van der Waals surface area contributed by atoms with Crippen molar-refractivity contribution in [1.82, 2.24) is 15.3 Å². The number of thiophene rings is 2. The average molecular weight is 385 g/mol. The predicted molar refractivity (Wildman–Crippen MR) is 102 cm³/mol. The third-order valence-electron chi connectivity index (χ3n) is 3.84. The first-order valence-electron chi connectivity index (χ1n) is 8.05. The molecule has 0 aliphatic heterocycles. The monoisotopic (exact) mass is 385 g/mol. The van der Waals surface area contributed by atoms with Crippen molar-refractivity contribution in [3.8, 4) is 21.0 Å². The van der Waals surface area contributed by atoms with E-state index in [1.807, 2.05) is 38.1 Å². The lowest BCUT2D eigenvalue weighted by molar-refractivity contribution is 0.0521. The van der Waals surface area contributed by atoms with E-state index >= 15 is 0 Å². The van der Waals surface area contributed by atoms with E-state index in [0.717, 1.165) is 19.5 Å². The maximum atomic E-state index is 12.6. The Hall–Kier alpha value is -2.58. The van der Waals surface area contributed by atoms with Crippen molar-refractivity contribution >= 4 is 39.7 Å². The summed E-state index contributed by atoms with van der Waals surface area (Å²) < 4.78 is 10.3. The van der Waals surface area contributed by atoms with E-state index in [0.29, 0.717) is 22.3 Å². The van der Waals surface area contributed by atoms with Gasteiger partial charge in [-0.2, -0.15) is 0 Å². The van der Waals surface area contributed by atoms with Gasteiger partial charge in [0.25, 0.3) is 0 Å². The number of pyridine rings is 1. The Bertz CT molecular complexity index is 1110. The van der Waals surface area contributed by atoms with E-state index in [1.165, 1.54) is 0 Å². The van der Waals surface area contributed by atoms with Crippen LogP contribution in [0.4, 0.5) is 0 Å². The maximum absolute atomic E-state index is 12.6. The van der Waals surface area contributed by atoms with Gasteiger partial charge in [-0.3, -0.25) is 0 Å². The number of rotatable bonds is 4. The Kier molecular flexibility index (Phi) is 4.29. The highest BCUT2D eigenvalue weighted by Crippen LogP contribution is 2.39. The highest BCUT2D eigenvalue weighted by Gasteiger charge is 2.26. The van der Waals surface area contributed by atoms with Crippen LogP contribution in [0.3, 0.4) is 0 Å². The molecule has 0 saturated heterocycles. The van der Waals surface area contributed by atoms with Crippen molar-refractivity contribution in [3.63, 3.8) is 0 Å². The van der Waals surface area contributed by atoms with Crippen LogP contribution in [-0.4, -0.2) is 27.9 Å². The fourth-order valence-corrected chi connectivity index (χ4v) is 4.50. The number of nitrogens with zero attached hydrogens (tertiary/aromatic N) is 3. The number of fused-ring (bicyclic) bond motifs is 1. The lowest BCUT2D eigenvalue weighted by Crippen LogP contribution is -2.10. The molecule has 26 heavy (non-hydrogen) atoms. The number of ether oxygens (including phenoxy) is 1. The number of aryl methyl sites for hydroxylation is 2. The minimum Gasteiger partial charge on any atom is -0.461 e. The minimum absolute atomic E-state index is 0.234. The van der Waals surface area contributed by atoms with Gasteiger partial charge < -0.3 is 4.74 Å². The third-order valence-corrected chi connectivity index (χ3v) is 5.86. The summed E-state index contributed by atoms with van der Waals surface area (Å²) in [6, 6.07) is 7.90. The lowest BCUT2D eigenvalue weighted by Gasteiger charge is -2.09. The highest BCUT2D eigenvalue weighted by molar-refractivity contribution is 7.16. The van der Waals surface area contributed by atoms with E-state index in [9.17, 15) is 4.79 Å². The molecule has 132 valence electrons. The van der Waals surface area contributed by atoms with E-state index in [4.69, 9.17) is 9.37 Å². The van der Waals surface area contributed by atoms with E-state index in [2.05, 4.69) is 15.3 Å². The van der Waals surface area contributed by atoms with Gasteiger partial charge in [0, 0.05) is 14.6 Å². The maximum Gasteiger partial charge on any atom is 0.357 e.